The number of nitrogens with one attached hydrogen (secondary N) is 2. The number of rotatable bonds is 8. The van der Waals surface area contributed by atoms with Crippen LogP contribution in [0.1, 0.15) is 44.1 Å². The summed E-state index contributed by atoms with van der Waals surface area (Å²) in [7, 11) is 0. The molecule has 0 aliphatic rings. The highest BCUT2D eigenvalue weighted by Gasteiger charge is 2.20. The molecule has 2 N–H and O–H groups in total. The molecule has 2 amide bonds. The number of nitrogens with zero attached hydrogens (tertiary/aromatic N) is 2. The van der Waals surface area contributed by atoms with Crippen LogP contribution in [0.5, 0.6) is 0 Å². The van der Waals surface area contributed by atoms with E-state index in [2.05, 4.69) is 20.8 Å². The fraction of sp³-hybridized carbons (Fsp3) is 0.391. The molecule has 0 aliphatic carbocycles. The van der Waals surface area contributed by atoms with E-state index in [-0.39, 0.29) is 25.7 Å². The van der Waals surface area contributed by atoms with Crippen molar-refractivity contribution < 1.29 is 23.6 Å². The van der Waals surface area contributed by atoms with Crippen LogP contribution >= 0.6 is 0 Å². The summed E-state index contributed by atoms with van der Waals surface area (Å²) < 4.78 is 15.6. The number of fused-ring (bicyclic) bond motifs is 1. The zero-order valence-corrected chi connectivity index (χ0v) is 18.7. The normalized spacial score (nSPS) is 12.4. The minimum atomic E-state index is -0.618. The van der Waals surface area contributed by atoms with Crippen LogP contribution in [0.3, 0.4) is 0 Å². The van der Waals surface area contributed by atoms with Gasteiger partial charge in [0.2, 0.25) is 5.91 Å². The lowest BCUT2D eigenvalue weighted by Crippen LogP contribution is -2.41. The van der Waals surface area contributed by atoms with E-state index >= 15 is 0 Å². The lowest BCUT2D eigenvalue weighted by molar-refractivity contribution is -0.127. The van der Waals surface area contributed by atoms with Gasteiger partial charge in [0, 0.05) is 6.54 Å². The number of hydrogen-bond donors (Lipinski definition) is 2. The van der Waals surface area contributed by atoms with E-state index in [4.69, 9.17) is 14.0 Å². The molecule has 9 heteroatoms. The van der Waals surface area contributed by atoms with E-state index < -0.39 is 17.7 Å². The summed E-state index contributed by atoms with van der Waals surface area (Å²) >= 11 is 0. The van der Waals surface area contributed by atoms with Crippen molar-refractivity contribution in [2.45, 2.75) is 45.9 Å². The van der Waals surface area contributed by atoms with Crippen molar-refractivity contribution in [3.05, 3.63) is 59.7 Å². The van der Waals surface area contributed by atoms with Gasteiger partial charge in [0.05, 0.1) is 6.04 Å². The highest BCUT2D eigenvalue weighted by Crippen LogP contribution is 2.20. The van der Waals surface area contributed by atoms with Crippen LogP contribution in [0, 0.1) is 6.92 Å². The number of ether oxygens (including phenoxy) is 2. The fourth-order valence-corrected chi connectivity index (χ4v) is 3.04. The first-order chi connectivity index (χ1) is 15.2. The summed E-state index contributed by atoms with van der Waals surface area (Å²) in [5, 5.41) is 11.4. The molecule has 0 aliphatic heterocycles. The van der Waals surface area contributed by atoms with Crippen LogP contribution in [0.2, 0.25) is 0 Å². The smallest absolute Gasteiger partial charge is 0.407 e. The van der Waals surface area contributed by atoms with E-state index in [1.54, 1.807) is 27.7 Å². The van der Waals surface area contributed by atoms with Crippen LogP contribution in [-0.4, -0.2) is 40.9 Å². The Morgan fingerprint density at radius 1 is 1.12 bits per heavy atom. The Morgan fingerprint density at radius 2 is 1.88 bits per heavy atom. The van der Waals surface area contributed by atoms with Crippen molar-refractivity contribution in [1.82, 2.24) is 20.8 Å². The number of carbonyl (C=O) groups is 2. The van der Waals surface area contributed by atoms with Crippen molar-refractivity contribution in [1.29, 1.82) is 0 Å². The first-order valence-electron chi connectivity index (χ1n) is 10.3. The van der Waals surface area contributed by atoms with E-state index in [0.29, 0.717) is 11.7 Å². The highest BCUT2D eigenvalue weighted by atomic mass is 16.6. The molecule has 0 saturated carbocycles. The molecule has 9 nitrogen and oxygen atoms in total. The molecule has 170 valence electrons. The van der Waals surface area contributed by atoms with Crippen LogP contribution in [0.4, 0.5) is 4.79 Å². The molecule has 0 bridgehead atoms. The van der Waals surface area contributed by atoms with Crippen molar-refractivity contribution in [3.63, 3.8) is 0 Å². The second kappa shape index (κ2) is 10.2. The summed E-state index contributed by atoms with van der Waals surface area (Å²) in [6.45, 7) is 7.06. The minimum Gasteiger partial charge on any atom is -0.444 e. The van der Waals surface area contributed by atoms with Gasteiger partial charge in [0.15, 0.2) is 5.82 Å². The number of hydrogen-bond acceptors (Lipinski definition) is 7. The standard InChI is InChI=1S/C23H28N4O5/c1-15-25-21(32-27-15)14-30-13-20(28)26-19(12-24-22(29)31-23(2,3)4)18-10-9-16-7-5-6-8-17(16)11-18/h5-11,19H,12-14H2,1-4H3,(H,24,29)(H,26,28)/t19-/m0/s1. The highest BCUT2D eigenvalue weighted by molar-refractivity contribution is 5.83. The number of amides is 2. The Labute approximate surface area is 186 Å². The average Bonchev–Trinajstić information content (AvgIpc) is 3.14. The maximum Gasteiger partial charge on any atom is 0.407 e. The predicted octanol–water partition coefficient (Wildman–Crippen LogP) is 3.43. The molecule has 1 aromatic heterocycles. The lowest BCUT2D eigenvalue weighted by atomic mass is 10.0. The van der Waals surface area contributed by atoms with Crippen molar-refractivity contribution in [3.8, 4) is 0 Å². The number of benzene rings is 2. The number of aromatic nitrogens is 2. The molecule has 0 radical (unpaired) electrons. The maximum atomic E-state index is 12.5. The number of alkyl carbamates (subject to hydrolysis) is 1. The average molecular weight is 441 g/mol. The Kier molecular flexibility index (Phi) is 7.42. The van der Waals surface area contributed by atoms with Crippen molar-refractivity contribution >= 4 is 22.8 Å². The van der Waals surface area contributed by atoms with E-state index in [9.17, 15) is 9.59 Å². The van der Waals surface area contributed by atoms with Gasteiger partial charge < -0.3 is 24.6 Å². The largest absolute Gasteiger partial charge is 0.444 e. The van der Waals surface area contributed by atoms with Gasteiger partial charge in [0.1, 0.15) is 18.8 Å². The lowest BCUT2D eigenvalue weighted by Gasteiger charge is -2.23. The van der Waals surface area contributed by atoms with Crippen LogP contribution in [-0.2, 0) is 20.9 Å². The van der Waals surface area contributed by atoms with Gasteiger partial charge in [-0.2, -0.15) is 4.98 Å². The molecule has 0 unspecified atom stereocenters. The molecule has 0 spiro atoms. The third-order valence-corrected chi connectivity index (χ3v) is 4.39. The Hall–Kier alpha value is -3.46. The monoisotopic (exact) mass is 440 g/mol. The summed E-state index contributed by atoms with van der Waals surface area (Å²) in [5.41, 5.74) is 0.229. The molecule has 32 heavy (non-hydrogen) atoms. The Bertz CT molecular complexity index is 1070. The molecule has 1 heterocycles. The topological polar surface area (TPSA) is 116 Å². The third-order valence-electron chi connectivity index (χ3n) is 4.39. The van der Waals surface area contributed by atoms with Crippen LogP contribution in [0.25, 0.3) is 10.8 Å². The number of aryl methyl sites for hydroxylation is 1. The molecule has 0 fully saturated rings. The van der Waals surface area contributed by atoms with Crippen molar-refractivity contribution in [2.75, 3.05) is 13.2 Å². The molecule has 2 aromatic carbocycles. The van der Waals surface area contributed by atoms with Crippen LogP contribution in [0.15, 0.2) is 47.0 Å². The SMILES string of the molecule is Cc1noc(COCC(=O)N[C@@H](CNC(=O)OC(C)(C)C)c2ccc3ccccc3c2)n1. The first-order valence-corrected chi connectivity index (χ1v) is 10.3. The number of carbonyl (C=O) groups excluding carboxylic acids is 2. The van der Waals surface area contributed by atoms with Gasteiger partial charge in [-0.3, -0.25) is 4.79 Å². The summed E-state index contributed by atoms with van der Waals surface area (Å²) in [4.78, 5) is 28.7. The van der Waals surface area contributed by atoms with Gasteiger partial charge >= 0.3 is 6.09 Å². The third kappa shape index (κ3) is 7.05. The fourth-order valence-electron chi connectivity index (χ4n) is 3.04. The first kappa shape index (κ1) is 23.2. The van der Waals surface area contributed by atoms with Gasteiger partial charge in [0.25, 0.3) is 5.89 Å². The molecular formula is C23H28N4O5. The van der Waals surface area contributed by atoms with Crippen LogP contribution < -0.4 is 10.6 Å². The van der Waals surface area contributed by atoms with E-state index in [1.165, 1.54) is 0 Å². The summed E-state index contributed by atoms with van der Waals surface area (Å²) in [6, 6.07) is 13.3. The quantitative estimate of drug-likeness (QED) is 0.551. The minimum absolute atomic E-state index is 0.0328. The van der Waals surface area contributed by atoms with Gasteiger partial charge in [-0.05, 0) is 50.1 Å². The van der Waals surface area contributed by atoms with E-state index in [1.807, 2.05) is 42.5 Å². The molecule has 3 aromatic rings. The second-order valence-corrected chi connectivity index (χ2v) is 8.34. The summed E-state index contributed by atoms with van der Waals surface area (Å²) in [6.07, 6.45) is -0.555. The Morgan fingerprint density at radius 3 is 2.56 bits per heavy atom. The van der Waals surface area contributed by atoms with E-state index in [0.717, 1.165) is 16.3 Å². The van der Waals surface area contributed by atoms with Gasteiger partial charge in [-0.1, -0.05) is 41.6 Å². The van der Waals surface area contributed by atoms with Gasteiger partial charge in [-0.15, -0.1) is 0 Å². The summed E-state index contributed by atoms with van der Waals surface area (Å²) in [5.74, 6) is 0.455. The molecular weight excluding hydrogens is 412 g/mol. The zero-order valence-electron chi connectivity index (χ0n) is 18.7. The second-order valence-electron chi connectivity index (χ2n) is 8.34. The molecule has 3 rings (SSSR count). The molecule has 1 atom stereocenters. The Balaban J connectivity index is 1.65. The maximum absolute atomic E-state index is 12.5. The predicted molar refractivity (Wildman–Crippen MR) is 118 cm³/mol. The molecule has 0 saturated heterocycles. The van der Waals surface area contributed by atoms with Gasteiger partial charge in [-0.25, -0.2) is 4.79 Å². The zero-order chi connectivity index (χ0) is 23.1. The van der Waals surface area contributed by atoms with Crippen molar-refractivity contribution in [2.24, 2.45) is 0 Å².